The molecule has 0 spiro atoms. The fraction of sp³-hybridized carbons (Fsp3) is 0.182. The van der Waals surface area contributed by atoms with Crippen molar-refractivity contribution in [3.05, 3.63) is 35.0 Å². The summed E-state index contributed by atoms with van der Waals surface area (Å²) in [6.07, 6.45) is 3.84. The van der Waals surface area contributed by atoms with Gasteiger partial charge in [0.05, 0.1) is 11.2 Å². The molecule has 2 rings (SSSR count). The van der Waals surface area contributed by atoms with Crippen molar-refractivity contribution in [2.24, 2.45) is 5.10 Å². The first-order valence-corrected chi connectivity index (χ1v) is 4.99. The van der Waals surface area contributed by atoms with E-state index >= 15 is 0 Å². The summed E-state index contributed by atoms with van der Waals surface area (Å²) in [5, 5.41) is 14.0. The van der Waals surface area contributed by atoms with Crippen molar-refractivity contribution in [1.29, 1.82) is 0 Å². The zero-order chi connectivity index (χ0) is 11.1. The van der Waals surface area contributed by atoms with Crippen LogP contribution >= 0.6 is 11.6 Å². The molecule has 0 saturated carbocycles. The van der Waals surface area contributed by atoms with Crippen LogP contribution in [0.1, 0.15) is 6.92 Å². The monoisotopic (exact) mass is 223 g/mol. The normalized spacial score (nSPS) is 24.3. The predicted octanol–water partition coefficient (Wildman–Crippen LogP) is 2.89. The minimum absolute atomic E-state index is 0.0934. The molecule has 1 aromatic carbocycles. The van der Waals surface area contributed by atoms with Gasteiger partial charge in [0.2, 0.25) is 0 Å². The first-order chi connectivity index (χ1) is 7.01. The van der Waals surface area contributed by atoms with Crippen molar-refractivity contribution >= 4 is 23.5 Å². The molecule has 0 radical (unpaired) electrons. The molecule has 78 valence electrons. The second kappa shape index (κ2) is 3.36. The summed E-state index contributed by atoms with van der Waals surface area (Å²) in [5.74, 6) is 0.0934. The Morgan fingerprint density at radius 1 is 1.40 bits per heavy atom. The van der Waals surface area contributed by atoms with Crippen LogP contribution < -0.4 is 4.59 Å². The minimum atomic E-state index is 0.0934. The molecule has 4 heteroatoms. The van der Waals surface area contributed by atoms with Gasteiger partial charge in [-0.15, -0.1) is 4.59 Å². The lowest BCUT2D eigenvalue weighted by molar-refractivity contribution is 0.468. The summed E-state index contributed by atoms with van der Waals surface area (Å²) in [6.45, 7) is 2.00. The SMILES string of the molecule is CC1=C[N+](C)(c2ccc(O)c(Cl)c2)N=C1. The van der Waals surface area contributed by atoms with Gasteiger partial charge < -0.3 is 5.11 Å². The zero-order valence-electron chi connectivity index (χ0n) is 8.61. The molecule has 1 aromatic rings. The molecule has 0 aliphatic carbocycles. The third-order valence-electron chi connectivity index (χ3n) is 2.41. The molecule has 1 aliphatic heterocycles. The van der Waals surface area contributed by atoms with Gasteiger partial charge in [-0.3, -0.25) is 0 Å². The Kier molecular flexibility index (Phi) is 2.29. The lowest BCUT2D eigenvalue weighted by Gasteiger charge is -2.19. The number of hydrogen-bond acceptors (Lipinski definition) is 2. The summed E-state index contributed by atoms with van der Waals surface area (Å²) in [7, 11) is 1.95. The van der Waals surface area contributed by atoms with Gasteiger partial charge in [-0.1, -0.05) is 16.7 Å². The van der Waals surface area contributed by atoms with Crippen LogP contribution in [-0.2, 0) is 0 Å². The molecule has 1 aliphatic rings. The molecule has 1 unspecified atom stereocenters. The number of nitrogens with zero attached hydrogens (tertiary/aromatic N) is 2. The van der Waals surface area contributed by atoms with E-state index in [2.05, 4.69) is 5.10 Å². The largest absolute Gasteiger partial charge is 0.506 e. The summed E-state index contributed by atoms with van der Waals surface area (Å²) < 4.78 is 0.339. The second-order valence-electron chi connectivity index (χ2n) is 3.78. The van der Waals surface area contributed by atoms with E-state index in [1.165, 1.54) is 0 Å². The molecule has 0 amide bonds. The minimum Gasteiger partial charge on any atom is -0.506 e. The maximum absolute atomic E-state index is 9.33. The zero-order valence-corrected chi connectivity index (χ0v) is 9.36. The fourth-order valence-corrected chi connectivity index (χ4v) is 1.77. The first-order valence-electron chi connectivity index (χ1n) is 4.62. The van der Waals surface area contributed by atoms with Crippen LogP contribution in [0.3, 0.4) is 0 Å². The number of hydrogen-bond donors (Lipinski definition) is 1. The summed E-state index contributed by atoms with van der Waals surface area (Å²) >= 11 is 5.86. The van der Waals surface area contributed by atoms with Gasteiger partial charge in [-0.25, -0.2) is 0 Å². The van der Waals surface area contributed by atoms with Gasteiger partial charge in [0.25, 0.3) is 0 Å². The van der Waals surface area contributed by atoms with Gasteiger partial charge in [-0.05, 0) is 13.0 Å². The Labute approximate surface area is 93.5 Å². The molecular formula is C11H12ClN2O+. The van der Waals surface area contributed by atoms with E-state index in [4.69, 9.17) is 11.6 Å². The van der Waals surface area contributed by atoms with E-state index in [0.717, 1.165) is 11.3 Å². The van der Waals surface area contributed by atoms with Crippen LogP contribution in [0.5, 0.6) is 5.75 Å². The Bertz CT molecular complexity index is 468. The standard InChI is InChI=1S/C11H11ClN2O/c1-8-6-13-14(2,7-8)9-3-4-11(15)10(12)5-9/h3-7H,1-2H3/p+1. The third kappa shape index (κ3) is 1.76. The third-order valence-corrected chi connectivity index (χ3v) is 2.71. The van der Waals surface area contributed by atoms with E-state index < -0.39 is 0 Å². The van der Waals surface area contributed by atoms with E-state index in [0.29, 0.717) is 9.61 Å². The lowest BCUT2D eigenvalue weighted by atomic mass is 10.2. The number of rotatable bonds is 1. The maximum atomic E-state index is 9.33. The smallest absolute Gasteiger partial charge is 0.165 e. The number of benzene rings is 1. The highest BCUT2D eigenvalue weighted by atomic mass is 35.5. The lowest BCUT2D eigenvalue weighted by Crippen LogP contribution is -2.30. The molecule has 1 atom stereocenters. The van der Waals surface area contributed by atoms with E-state index in [1.807, 2.05) is 32.5 Å². The average molecular weight is 224 g/mol. The van der Waals surface area contributed by atoms with Crippen molar-refractivity contribution in [1.82, 2.24) is 4.59 Å². The molecule has 0 fully saturated rings. The van der Waals surface area contributed by atoms with Crippen LogP contribution in [0.15, 0.2) is 35.1 Å². The quantitative estimate of drug-likeness (QED) is 0.730. The van der Waals surface area contributed by atoms with Crippen molar-refractivity contribution in [2.75, 3.05) is 7.05 Å². The van der Waals surface area contributed by atoms with Crippen LogP contribution in [0.2, 0.25) is 5.02 Å². The Morgan fingerprint density at radius 2 is 2.13 bits per heavy atom. The molecule has 0 saturated heterocycles. The van der Waals surface area contributed by atoms with Crippen LogP contribution in [0.4, 0.5) is 5.69 Å². The molecule has 1 heterocycles. The van der Waals surface area contributed by atoms with Crippen LogP contribution in [0, 0.1) is 0 Å². The van der Waals surface area contributed by atoms with Gasteiger partial charge in [0, 0.05) is 17.7 Å². The van der Waals surface area contributed by atoms with Crippen molar-refractivity contribution < 1.29 is 5.11 Å². The summed E-state index contributed by atoms with van der Waals surface area (Å²) in [6, 6.07) is 5.12. The van der Waals surface area contributed by atoms with Gasteiger partial charge in [0.15, 0.2) is 5.69 Å². The van der Waals surface area contributed by atoms with Crippen molar-refractivity contribution in [3.8, 4) is 5.75 Å². The number of halogens is 1. The van der Waals surface area contributed by atoms with Crippen LogP contribution in [0.25, 0.3) is 0 Å². The highest BCUT2D eigenvalue weighted by Crippen LogP contribution is 2.33. The van der Waals surface area contributed by atoms with Gasteiger partial charge in [-0.2, -0.15) is 0 Å². The number of phenols is 1. The molecule has 15 heavy (non-hydrogen) atoms. The Morgan fingerprint density at radius 3 is 2.67 bits per heavy atom. The number of aromatic hydroxyl groups is 1. The Balaban J connectivity index is 2.47. The number of phenolic OH excluding ortho intramolecular Hbond substituents is 1. The predicted molar refractivity (Wildman–Crippen MR) is 63.1 cm³/mol. The average Bonchev–Trinajstić information content (AvgIpc) is 2.52. The highest BCUT2D eigenvalue weighted by molar-refractivity contribution is 6.32. The molecular weight excluding hydrogens is 212 g/mol. The topological polar surface area (TPSA) is 32.6 Å². The van der Waals surface area contributed by atoms with Crippen molar-refractivity contribution in [3.63, 3.8) is 0 Å². The van der Waals surface area contributed by atoms with Gasteiger partial charge in [0.1, 0.15) is 19.0 Å². The second-order valence-corrected chi connectivity index (χ2v) is 4.19. The van der Waals surface area contributed by atoms with Crippen molar-refractivity contribution in [2.45, 2.75) is 6.92 Å². The summed E-state index contributed by atoms with van der Waals surface area (Å²) in [4.78, 5) is 0. The first kappa shape index (κ1) is 10.2. The molecule has 0 aromatic heterocycles. The summed E-state index contributed by atoms with van der Waals surface area (Å²) in [5.41, 5.74) is 2.03. The fourth-order valence-electron chi connectivity index (χ4n) is 1.59. The van der Waals surface area contributed by atoms with Crippen LogP contribution in [-0.4, -0.2) is 18.4 Å². The van der Waals surface area contributed by atoms with Gasteiger partial charge >= 0.3 is 0 Å². The van der Waals surface area contributed by atoms with E-state index in [9.17, 15) is 5.11 Å². The molecule has 0 bridgehead atoms. The number of allylic oxidation sites excluding steroid dienone is 1. The highest BCUT2D eigenvalue weighted by Gasteiger charge is 2.27. The molecule has 3 nitrogen and oxygen atoms in total. The maximum Gasteiger partial charge on any atom is 0.165 e. The molecule has 1 N–H and O–H groups in total. The number of quaternary nitrogens is 1. The Hall–Kier alpha value is -1.32. The van der Waals surface area contributed by atoms with E-state index in [1.54, 1.807) is 12.1 Å². The van der Waals surface area contributed by atoms with E-state index in [-0.39, 0.29) is 5.75 Å².